The van der Waals surface area contributed by atoms with Crippen LogP contribution in [0.1, 0.15) is 27.4 Å². The molecule has 2 saturated heterocycles. The van der Waals surface area contributed by atoms with E-state index >= 15 is 0 Å². The molecule has 0 aliphatic carbocycles. The van der Waals surface area contributed by atoms with Gasteiger partial charge in [-0.3, -0.25) is 4.79 Å². The van der Waals surface area contributed by atoms with Gasteiger partial charge in [0.05, 0.1) is 24.2 Å². The third kappa shape index (κ3) is 3.60. The van der Waals surface area contributed by atoms with Crippen LogP contribution in [0.5, 0.6) is 0 Å². The molecule has 0 saturated carbocycles. The van der Waals surface area contributed by atoms with Gasteiger partial charge in [0, 0.05) is 18.0 Å². The molecule has 8 heteroatoms. The van der Waals surface area contributed by atoms with Crippen LogP contribution < -0.4 is 4.72 Å². The highest BCUT2D eigenvalue weighted by molar-refractivity contribution is 7.88. The number of ether oxygens (including phenoxy) is 1. The van der Waals surface area contributed by atoms with Crippen LogP contribution in [-0.4, -0.2) is 57.3 Å². The van der Waals surface area contributed by atoms with E-state index in [4.69, 9.17) is 4.74 Å². The molecule has 2 aliphatic heterocycles. The minimum Gasteiger partial charge on any atom is -0.371 e. The molecule has 1 amide bonds. The van der Waals surface area contributed by atoms with E-state index in [2.05, 4.69) is 4.72 Å². The first-order valence-corrected chi connectivity index (χ1v) is 10.4. The second-order valence-corrected chi connectivity index (χ2v) is 9.55. The number of hydrogen-bond donors (Lipinski definition) is 1. The van der Waals surface area contributed by atoms with Crippen molar-refractivity contribution in [2.24, 2.45) is 5.92 Å². The van der Waals surface area contributed by atoms with Gasteiger partial charge in [-0.15, -0.1) is 11.3 Å². The van der Waals surface area contributed by atoms with Crippen molar-refractivity contribution in [1.82, 2.24) is 9.62 Å². The van der Waals surface area contributed by atoms with E-state index in [9.17, 15) is 13.2 Å². The largest absolute Gasteiger partial charge is 0.371 e. The fourth-order valence-corrected chi connectivity index (χ4v) is 4.73. The number of likely N-dealkylation sites (tertiary alicyclic amines) is 1. The van der Waals surface area contributed by atoms with E-state index in [1.54, 1.807) is 0 Å². The summed E-state index contributed by atoms with van der Waals surface area (Å²) in [6.45, 7) is 4.30. The van der Waals surface area contributed by atoms with E-state index < -0.39 is 10.0 Å². The van der Waals surface area contributed by atoms with E-state index in [-0.39, 0.29) is 11.5 Å². The van der Waals surface area contributed by atoms with Crippen molar-refractivity contribution in [3.05, 3.63) is 21.9 Å². The quantitative estimate of drug-likeness (QED) is 0.859. The number of hydrogen-bond acceptors (Lipinski definition) is 5. The van der Waals surface area contributed by atoms with Crippen molar-refractivity contribution in [2.45, 2.75) is 25.4 Å². The molecule has 128 valence electrons. The molecule has 6 nitrogen and oxygen atoms in total. The molecule has 1 atom stereocenters. The van der Waals surface area contributed by atoms with Crippen molar-refractivity contribution in [1.29, 1.82) is 0 Å². The van der Waals surface area contributed by atoms with Crippen LogP contribution in [0.3, 0.4) is 0 Å². The van der Waals surface area contributed by atoms with E-state index in [0.717, 1.165) is 22.6 Å². The van der Waals surface area contributed by atoms with Crippen LogP contribution >= 0.6 is 11.3 Å². The molecule has 0 aromatic carbocycles. The van der Waals surface area contributed by atoms with Gasteiger partial charge < -0.3 is 9.64 Å². The van der Waals surface area contributed by atoms with Crippen molar-refractivity contribution in [3.63, 3.8) is 0 Å². The summed E-state index contributed by atoms with van der Waals surface area (Å²) in [6.07, 6.45) is 2.83. The highest BCUT2D eigenvalue weighted by atomic mass is 32.2. The standard InChI is InChI=1S/C15H22N2O4S2/c1-11-3-4-13(22-11)14(18)17-9-15(10-17)12(6-8-21-15)5-7-16-23(2,19)20/h3-4,12,16H,5-10H2,1-2H3/t12-/m1/s1. The summed E-state index contributed by atoms with van der Waals surface area (Å²) in [5.41, 5.74) is -0.277. The lowest BCUT2D eigenvalue weighted by molar-refractivity contribution is -0.117. The maximum Gasteiger partial charge on any atom is 0.264 e. The Morgan fingerprint density at radius 1 is 1.48 bits per heavy atom. The number of nitrogens with one attached hydrogen (secondary N) is 1. The fourth-order valence-electron chi connectivity index (χ4n) is 3.41. The zero-order valence-electron chi connectivity index (χ0n) is 13.4. The maximum atomic E-state index is 12.4. The summed E-state index contributed by atoms with van der Waals surface area (Å²) in [6, 6.07) is 3.83. The predicted molar refractivity (Wildman–Crippen MR) is 89.2 cm³/mol. The summed E-state index contributed by atoms with van der Waals surface area (Å²) in [5, 5.41) is 0. The van der Waals surface area contributed by atoms with Gasteiger partial charge in [-0.2, -0.15) is 0 Å². The molecule has 0 bridgehead atoms. The monoisotopic (exact) mass is 358 g/mol. The van der Waals surface area contributed by atoms with E-state index in [1.807, 2.05) is 24.0 Å². The first-order chi connectivity index (χ1) is 10.8. The van der Waals surface area contributed by atoms with E-state index in [0.29, 0.717) is 32.2 Å². The lowest BCUT2D eigenvalue weighted by Gasteiger charge is -2.50. The van der Waals surface area contributed by atoms with Crippen LogP contribution in [0.25, 0.3) is 0 Å². The van der Waals surface area contributed by atoms with Crippen LogP contribution in [0.4, 0.5) is 0 Å². The number of nitrogens with zero attached hydrogens (tertiary/aromatic N) is 1. The Bertz CT molecular complexity index is 692. The zero-order valence-corrected chi connectivity index (χ0v) is 15.0. The average molecular weight is 358 g/mol. The normalized spacial score (nSPS) is 23.2. The Labute approximate surface area is 140 Å². The van der Waals surface area contributed by atoms with Crippen LogP contribution in [0.15, 0.2) is 12.1 Å². The number of thiophene rings is 1. The summed E-state index contributed by atoms with van der Waals surface area (Å²) >= 11 is 1.51. The Kier molecular flexibility index (Phi) is 4.52. The predicted octanol–water partition coefficient (Wildman–Crippen LogP) is 1.23. The molecule has 1 N–H and O–H groups in total. The molecule has 3 rings (SSSR count). The molecular weight excluding hydrogens is 336 g/mol. The molecule has 2 fully saturated rings. The van der Waals surface area contributed by atoms with Gasteiger partial charge in [-0.1, -0.05) is 0 Å². The lowest BCUT2D eigenvalue weighted by atomic mass is 9.79. The highest BCUT2D eigenvalue weighted by Crippen LogP contribution is 2.42. The lowest BCUT2D eigenvalue weighted by Crippen LogP contribution is -2.66. The molecule has 23 heavy (non-hydrogen) atoms. The van der Waals surface area contributed by atoms with Crippen LogP contribution in [0, 0.1) is 12.8 Å². The van der Waals surface area contributed by atoms with Gasteiger partial charge >= 0.3 is 0 Å². The summed E-state index contributed by atoms with van der Waals surface area (Å²) < 4.78 is 30.8. The smallest absolute Gasteiger partial charge is 0.264 e. The third-order valence-corrected chi connectivity index (χ3v) is 6.33. The molecule has 1 spiro atoms. The van der Waals surface area contributed by atoms with Gasteiger partial charge in [-0.25, -0.2) is 13.1 Å². The molecule has 2 aliphatic rings. The average Bonchev–Trinajstić information content (AvgIpc) is 3.01. The van der Waals surface area contributed by atoms with Crippen LogP contribution in [0.2, 0.25) is 0 Å². The number of carbonyl (C=O) groups excluding carboxylic acids is 1. The number of amides is 1. The van der Waals surface area contributed by atoms with Crippen molar-refractivity contribution < 1.29 is 17.9 Å². The highest BCUT2D eigenvalue weighted by Gasteiger charge is 2.54. The summed E-state index contributed by atoms with van der Waals surface area (Å²) in [5.74, 6) is 0.364. The molecular formula is C15H22N2O4S2. The Morgan fingerprint density at radius 3 is 2.83 bits per heavy atom. The van der Waals surface area contributed by atoms with Crippen molar-refractivity contribution >= 4 is 27.3 Å². The third-order valence-electron chi connectivity index (χ3n) is 4.61. The Hall–Kier alpha value is -0.960. The maximum absolute atomic E-state index is 12.4. The van der Waals surface area contributed by atoms with Crippen LogP contribution in [-0.2, 0) is 14.8 Å². The first-order valence-electron chi connectivity index (χ1n) is 7.73. The SMILES string of the molecule is Cc1ccc(C(=O)N2CC3(C2)OCC[C@H]3CCNS(C)(=O)=O)s1. The van der Waals surface area contributed by atoms with Gasteiger partial charge in [0.2, 0.25) is 10.0 Å². The second-order valence-electron chi connectivity index (χ2n) is 6.43. The molecule has 0 unspecified atom stereocenters. The summed E-state index contributed by atoms with van der Waals surface area (Å²) in [7, 11) is -3.15. The van der Waals surface area contributed by atoms with Crippen molar-refractivity contribution in [3.8, 4) is 0 Å². The molecule has 3 heterocycles. The Morgan fingerprint density at radius 2 is 2.22 bits per heavy atom. The number of carbonyl (C=O) groups is 1. The van der Waals surface area contributed by atoms with E-state index in [1.165, 1.54) is 17.6 Å². The topological polar surface area (TPSA) is 75.7 Å². The van der Waals surface area contributed by atoms with Gasteiger partial charge in [0.15, 0.2) is 0 Å². The Balaban J connectivity index is 1.56. The van der Waals surface area contributed by atoms with Gasteiger partial charge in [-0.05, 0) is 37.8 Å². The zero-order chi connectivity index (χ0) is 16.7. The molecule has 1 aromatic rings. The number of rotatable bonds is 5. The van der Waals surface area contributed by atoms with Crippen molar-refractivity contribution in [2.75, 3.05) is 32.5 Å². The summed E-state index contributed by atoms with van der Waals surface area (Å²) in [4.78, 5) is 16.1. The molecule has 1 aromatic heterocycles. The number of sulfonamides is 1. The first kappa shape index (κ1) is 16.9. The van der Waals surface area contributed by atoms with Gasteiger partial charge in [0.25, 0.3) is 5.91 Å². The molecule has 0 radical (unpaired) electrons. The second kappa shape index (κ2) is 6.16. The van der Waals surface area contributed by atoms with Gasteiger partial charge in [0.1, 0.15) is 5.60 Å². The minimum absolute atomic E-state index is 0.0669. The minimum atomic E-state index is -3.15. The number of aryl methyl sites for hydroxylation is 1. The fraction of sp³-hybridized carbons (Fsp3) is 0.667.